The van der Waals surface area contributed by atoms with Gasteiger partial charge in [-0.3, -0.25) is 0 Å². The van der Waals surface area contributed by atoms with Gasteiger partial charge in [0, 0.05) is 10.7 Å². The zero-order valence-electron chi connectivity index (χ0n) is 10.0. The number of rotatable bonds is 2. The van der Waals surface area contributed by atoms with Gasteiger partial charge in [-0.2, -0.15) is 0 Å². The second-order valence-corrected chi connectivity index (χ2v) is 5.02. The topological polar surface area (TPSA) is 13.1 Å². The molecule has 17 heavy (non-hydrogen) atoms. The average Bonchev–Trinajstić information content (AvgIpc) is 2.99. The number of allylic oxidation sites excluding steroid dienone is 3. The van der Waals surface area contributed by atoms with E-state index in [1.807, 2.05) is 18.2 Å². The highest BCUT2D eigenvalue weighted by Gasteiger charge is 2.01. The molecular weight excluding hydrogens is 344 g/mol. The van der Waals surface area contributed by atoms with Crippen LogP contribution in [0, 0.1) is 5.92 Å². The highest BCUT2D eigenvalue weighted by atomic mass is 79.9. The molecule has 1 heterocycles. The van der Waals surface area contributed by atoms with Crippen LogP contribution in [-0.4, -0.2) is 10.7 Å². The Labute approximate surface area is 121 Å². The molecule has 0 spiro atoms. The summed E-state index contributed by atoms with van der Waals surface area (Å²) in [7, 11) is 0. The van der Waals surface area contributed by atoms with Crippen molar-refractivity contribution < 1.29 is 4.42 Å². The van der Waals surface area contributed by atoms with E-state index >= 15 is 0 Å². The third-order valence-electron chi connectivity index (χ3n) is 2.09. The fraction of sp³-hybridized carbons (Fsp3) is 0.429. The van der Waals surface area contributed by atoms with Crippen LogP contribution >= 0.6 is 31.9 Å². The largest absolute Gasteiger partial charge is 0.473 e. The van der Waals surface area contributed by atoms with Crippen LogP contribution in [-0.2, 0) is 0 Å². The van der Waals surface area contributed by atoms with E-state index in [2.05, 4.69) is 55.0 Å². The van der Waals surface area contributed by atoms with E-state index in [1.54, 1.807) is 12.5 Å². The van der Waals surface area contributed by atoms with E-state index in [0.29, 0.717) is 5.92 Å². The highest BCUT2D eigenvalue weighted by molar-refractivity contribution is 9.11. The third-order valence-corrected chi connectivity index (χ3v) is 3.95. The van der Waals surface area contributed by atoms with Crippen molar-refractivity contribution in [2.24, 2.45) is 5.92 Å². The van der Waals surface area contributed by atoms with E-state index < -0.39 is 0 Å². The fourth-order valence-electron chi connectivity index (χ4n) is 1.26. The Morgan fingerprint density at radius 2 is 1.88 bits per heavy atom. The molecule has 0 bridgehead atoms. The maximum absolute atomic E-state index is 4.58. The molecule has 0 radical (unpaired) electrons. The van der Waals surface area contributed by atoms with E-state index in [0.717, 1.165) is 10.7 Å². The summed E-state index contributed by atoms with van der Waals surface area (Å²) < 4.78 is 4.58. The molecular formula is C14H20Br2O. The zero-order valence-corrected chi connectivity index (χ0v) is 13.2. The van der Waals surface area contributed by atoms with Gasteiger partial charge in [0.2, 0.25) is 0 Å². The van der Waals surface area contributed by atoms with Crippen molar-refractivity contribution in [2.75, 3.05) is 10.7 Å². The lowest BCUT2D eigenvalue weighted by Crippen LogP contribution is -1.94. The molecule has 0 saturated carbocycles. The van der Waals surface area contributed by atoms with Gasteiger partial charge in [0.1, 0.15) is 0 Å². The first kappa shape index (κ1) is 16.7. The molecule has 96 valence electrons. The molecule has 0 amide bonds. The van der Waals surface area contributed by atoms with Crippen LogP contribution in [0.5, 0.6) is 0 Å². The van der Waals surface area contributed by atoms with Crippen LogP contribution < -0.4 is 0 Å². The molecule has 3 heteroatoms. The molecule has 1 atom stereocenters. The van der Waals surface area contributed by atoms with Crippen LogP contribution in [0.15, 0.2) is 53.9 Å². The van der Waals surface area contributed by atoms with Crippen molar-refractivity contribution in [1.82, 2.24) is 0 Å². The second kappa shape index (κ2) is 13.8. The van der Waals surface area contributed by atoms with Crippen molar-refractivity contribution in [1.29, 1.82) is 0 Å². The zero-order chi connectivity index (χ0) is 12.8. The fourth-order valence-corrected chi connectivity index (χ4v) is 1.26. The lowest BCUT2D eigenvalue weighted by Gasteiger charge is -2.09. The van der Waals surface area contributed by atoms with Crippen LogP contribution in [0.4, 0.5) is 0 Å². The Hall–Kier alpha value is -0.280. The second-order valence-electron chi connectivity index (χ2n) is 3.43. The average molecular weight is 364 g/mol. The minimum atomic E-state index is 0.670. The van der Waals surface area contributed by atoms with Crippen molar-refractivity contribution in [2.45, 2.75) is 19.3 Å². The molecule has 0 aromatic carbocycles. The summed E-state index contributed by atoms with van der Waals surface area (Å²) in [4.78, 5) is 0. The Kier molecular flexibility index (Phi) is 13.6. The van der Waals surface area contributed by atoms with Gasteiger partial charge in [-0.15, -0.1) is 6.58 Å². The van der Waals surface area contributed by atoms with Gasteiger partial charge in [-0.25, -0.2) is 0 Å². The SMILES string of the molecule is BrCCBr.C=CC1C=CCCC1.c1ccoc1. The molecule has 0 saturated heterocycles. The summed E-state index contributed by atoms with van der Waals surface area (Å²) in [6.45, 7) is 3.73. The molecule has 2 rings (SSSR count). The van der Waals surface area contributed by atoms with Crippen LogP contribution in [0.25, 0.3) is 0 Å². The first-order valence-corrected chi connectivity index (χ1v) is 7.97. The van der Waals surface area contributed by atoms with E-state index in [9.17, 15) is 0 Å². The number of halogens is 2. The summed E-state index contributed by atoms with van der Waals surface area (Å²) >= 11 is 6.40. The Morgan fingerprint density at radius 3 is 2.12 bits per heavy atom. The molecule has 1 aliphatic carbocycles. The van der Waals surface area contributed by atoms with Gasteiger partial charge in [-0.05, 0) is 37.3 Å². The van der Waals surface area contributed by atoms with Gasteiger partial charge in [-0.1, -0.05) is 50.1 Å². The van der Waals surface area contributed by atoms with Crippen molar-refractivity contribution in [3.63, 3.8) is 0 Å². The first-order valence-electron chi connectivity index (χ1n) is 5.73. The van der Waals surface area contributed by atoms with Crippen molar-refractivity contribution in [3.05, 3.63) is 49.5 Å². The van der Waals surface area contributed by atoms with Crippen LogP contribution in [0.3, 0.4) is 0 Å². The van der Waals surface area contributed by atoms with Crippen molar-refractivity contribution in [3.8, 4) is 0 Å². The van der Waals surface area contributed by atoms with Crippen LogP contribution in [0.1, 0.15) is 19.3 Å². The molecule has 1 aromatic rings. The van der Waals surface area contributed by atoms with Gasteiger partial charge in [0.25, 0.3) is 0 Å². The number of hydrogen-bond donors (Lipinski definition) is 0. The summed E-state index contributed by atoms with van der Waals surface area (Å²) in [5, 5.41) is 2.10. The molecule has 0 N–H and O–H groups in total. The summed E-state index contributed by atoms with van der Waals surface area (Å²) in [6, 6.07) is 3.67. The maximum atomic E-state index is 4.58. The maximum Gasteiger partial charge on any atom is 0.0902 e. The summed E-state index contributed by atoms with van der Waals surface area (Å²) in [5.74, 6) is 0.670. The summed E-state index contributed by atoms with van der Waals surface area (Å²) in [6.07, 6.45) is 13.7. The minimum absolute atomic E-state index is 0.670. The number of furan rings is 1. The lowest BCUT2D eigenvalue weighted by molar-refractivity contribution is 0.567. The monoisotopic (exact) mass is 362 g/mol. The number of alkyl halides is 2. The highest BCUT2D eigenvalue weighted by Crippen LogP contribution is 2.16. The van der Waals surface area contributed by atoms with E-state index in [-0.39, 0.29) is 0 Å². The quantitative estimate of drug-likeness (QED) is 0.493. The van der Waals surface area contributed by atoms with Crippen LogP contribution in [0.2, 0.25) is 0 Å². The molecule has 0 aliphatic heterocycles. The molecule has 1 aromatic heterocycles. The standard InChI is InChI=1S/C8H12.C4H4O.C2H4Br2/c1-2-8-6-4-3-5-7-8;1-2-4-5-3-1;3-1-2-4/h2,4,6,8H,1,3,5,7H2;1-4H;1-2H2. The minimum Gasteiger partial charge on any atom is -0.473 e. The molecule has 1 aliphatic rings. The van der Waals surface area contributed by atoms with Gasteiger partial charge >= 0.3 is 0 Å². The molecule has 1 nitrogen and oxygen atoms in total. The van der Waals surface area contributed by atoms with Gasteiger partial charge in [0.15, 0.2) is 0 Å². The Balaban J connectivity index is 0.000000246. The Bertz CT molecular complexity index is 249. The predicted octanol–water partition coefficient (Wildman–Crippen LogP) is 5.58. The summed E-state index contributed by atoms with van der Waals surface area (Å²) in [5.41, 5.74) is 0. The molecule has 1 unspecified atom stereocenters. The first-order chi connectivity index (χ1) is 8.35. The molecule has 0 fully saturated rings. The van der Waals surface area contributed by atoms with E-state index in [1.165, 1.54) is 19.3 Å². The number of hydrogen-bond acceptors (Lipinski definition) is 1. The third kappa shape index (κ3) is 12.0. The Morgan fingerprint density at radius 1 is 1.24 bits per heavy atom. The van der Waals surface area contributed by atoms with Crippen molar-refractivity contribution >= 4 is 31.9 Å². The van der Waals surface area contributed by atoms with E-state index in [4.69, 9.17) is 0 Å². The predicted molar refractivity (Wildman–Crippen MR) is 83.0 cm³/mol. The van der Waals surface area contributed by atoms with Gasteiger partial charge < -0.3 is 4.42 Å². The normalized spacial score (nSPS) is 17.2. The smallest absolute Gasteiger partial charge is 0.0902 e. The van der Waals surface area contributed by atoms with Gasteiger partial charge in [0.05, 0.1) is 12.5 Å². The lowest BCUT2D eigenvalue weighted by atomic mass is 9.96.